The van der Waals surface area contributed by atoms with E-state index < -0.39 is 10.0 Å². The zero-order valence-corrected chi connectivity index (χ0v) is 14.6. The van der Waals surface area contributed by atoms with Crippen LogP contribution in [0.15, 0.2) is 47.4 Å². The van der Waals surface area contributed by atoms with E-state index in [1.165, 1.54) is 11.1 Å². The van der Waals surface area contributed by atoms with Crippen LogP contribution in [0.4, 0.5) is 5.69 Å². The largest absolute Gasteiger partial charge is 0.266 e. The van der Waals surface area contributed by atoms with Gasteiger partial charge in [0.15, 0.2) is 0 Å². The van der Waals surface area contributed by atoms with Gasteiger partial charge in [0.25, 0.3) is 10.0 Å². The minimum Gasteiger partial charge on any atom is -0.266 e. The molecule has 3 nitrogen and oxygen atoms in total. The summed E-state index contributed by atoms with van der Waals surface area (Å²) in [6, 6.07) is 13.4. The highest BCUT2D eigenvalue weighted by molar-refractivity contribution is 7.92. The lowest BCUT2D eigenvalue weighted by molar-refractivity contribution is 0.586. The van der Waals surface area contributed by atoms with E-state index in [9.17, 15) is 8.42 Å². The van der Waals surface area contributed by atoms with Crippen molar-refractivity contribution in [2.24, 2.45) is 0 Å². The third-order valence-electron chi connectivity index (χ3n) is 4.36. The van der Waals surface area contributed by atoms with Gasteiger partial charge in [0.1, 0.15) is 0 Å². The van der Waals surface area contributed by atoms with Crippen LogP contribution in [0.5, 0.6) is 0 Å². The van der Waals surface area contributed by atoms with E-state index in [1.54, 1.807) is 16.4 Å². The van der Waals surface area contributed by atoms with Gasteiger partial charge in [-0.25, -0.2) is 8.42 Å². The summed E-state index contributed by atoms with van der Waals surface area (Å²) in [5.74, 6) is 0. The van der Waals surface area contributed by atoms with Gasteiger partial charge < -0.3 is 0 Å². The Balaban J connectivity index is 1.97. The van der Waals surface area contributed by atoms with E-state index in [-0.39, 0.29) is 0 Å². The molecule has 0 saturated carbocycles. The van der Waals surface area contributed by atoms with Crippen molar-refractivity contribution in [2.75, 3.05) is 10.8 Å². The van der Waals surface area contributed by atoms with Crippen LogP contribution in [-0.2, 0) is 22.9 Å². The molecule has 0 unspecified atom stereocenters. The minimum atomic E-state index is -3.49. The van der Waals surface area contributed by atoms with Gasteiger partial charge >= 0.3 is 0 Å². The molecular formula is C19H23NO2S. The third kappa shape index (κ3) is 3.13. The number of sulfonamides is 1. The monoisotopic (exact) mass is 329 g/mol. The normalized spacial score (nSPS) is 14.6. The SMILES string of the molecule is CCCc1ccc(S(=O)(=O)N2CCCc3cc(C)ccc32)cc1. The topological polar surface area (TPSA) is 37.4 Å². The first kappa shape index (κ1) is 16.1. The molecule has 1 aliphatic heterocycles. The average molecular weight is 329 g/mol. The Morgan fingerprint density at radius 2 is 1.83 bits per heavy atom. The molecule has 0 atom stereocenters. The van der Waals surface area contributed by atoms with Crippen LogP contribution in [-0.4, -0.2) is 15.0 Å². The maximum Gasteiger partial charge on any atom is 0.264 e. The van der Waals surface area contributed by atoms with Crippen LogP contribution in [0.25, 0.3) is 0 Å². The van der Waals surface area contributed by atoms with Crippen molar-refractivity contribution in [1.29, 1.82) is 0 Å². The number of nitrogens with zero attached hydrogens (tertiary/aromatic N) is 1. The molecule has 0 bridgehead atoms. The number of rotatable bonds is 4. The second-order valence-corrected chi connectivity index (χ2v) is 8.07. The second-order valence-electron chi connectivity index (χ2n) is 6.21. The fourth-order valence-electron chi connectivity index (χ4n) is 3.19. The first-order valence-corrected chi connectivity index (χ1v) is 9.67. The molecule has 0 aliphatic carbocycles. The Bertz CT molecular complexity index is 795. The Hall–Kier alpha value is -1.81. The number of fused-ring (bicyclic) bond motifs is 1. The van der Waals surface area contributed by atoms with Crippen molar-refractivity contribution in [3.63, 3.8) is 0 Å². The number of anilines is 1. The van der Waals surface area contributed by atoms with E-state index in [1.807, 2.05) is 31.2 Å². The summed E-state index contributed by atoms with van der Waals surface area (Å²) in [4.78, 5) is 0.380. The molecule has 0 fully saturated rings. The van der Waals surface area contributed by atoms with Crippen molar-refractivity contribution in [1.82, 2.24) is 0 Å². The average Bonchev–Trinajstić information content (AvgIpc) is 2.55. The lowest BCUT2D eigenvalue weighted by atomic mass is 10.0. The van der Waals surface area contributed by atoms with Crippen LogP contribution < -0.4 is 4.31 Å². The van der Waals surface area contributed by atoms with E-state index >= 15 is 0 Å². The van der Waals surface area contributed by atoms with Crippen molar-refractivity contribution >= 4 is 15.7 Å². The first-order valence-electron chi connectivity index (χ1n) is 8.23. The van der Waals surface area contributed by atoms with Crippen molar-refractivity contribution in [2.45, 2.75) is 44.4 Å². The van der Waals surface area contributed by atoms with Crippen LogP contribution in [0.3, 0.4) is 0 Å². The van der Waals surface area contributed by atoms with Crippen molar-refractivity contribution in [3.8, 4) is 0 Å². The Kier molecular flexibility index (Phi) is 4.44. The minimum absolute atomic E-state index is 0.380. The summed E-state index contributed by atoms with van der Waals surface area (Å²) in [7, 11) is -3.49. The predicted octanol–water partition coefficient (Wildman–Crippen LogP) is 4.09. The summed E-state index contributed by atoms with van der Waals surface area (Å²) in [5, 5.41) is 0. The molecule has 2 aromatic carbocycles. The van der Waals surface area contributed by atoms with Crippen LogP contribution in [0, 0.1) is 6.92 Å². The molecule has 3 rings (SSSR count). The summed E-state index contributed by atoms with van der Waals surface area (Å²) in [5.41, 5.74) is 4.31. The molecule has 0 aromatic heterocycles. The number of hydrogen-bond acceptors (Lipinski definition) is 2. The van der Waals surface area contributed by atoms with Crippen LogP contribution in [0.1, 0.15) is 36.5 Å². The molecular weight excluding hydrogens is 306 g/mol. The highest BCUT2D eigenvalue weighted by Crippen LogP contribution is 2.32. The molecule has 4 heteroatoms. The van der Waals surface area contributed by atoms with Crippen LogP contribution >= 0.6 is 0 Å². The van der Waals surface area contributed by atoms with E-state index in [4.69, 9.17) is 0 Å². The molecule has 0 saturated heterocycles. The fourth-order valence-corrected chi connectivity index (χ4v) is 4.73. The van der Waals surface area contributed by atoms with Crippen molar-refractivity contribution < 1.29 is 8.42 Å². The highest BCUT2D eigenvalue weighted by Gasteiger charge is 2.28. The van der Waals surface area contributed by atoms with Crippen LogP contribution in [0.2, 0.25) is 0 Å². The highest BCUT2D eigenvalue weighted by atomic mass is 32.2. The van der Waals surface area contributed by atoms with Gasteiger partial charge in [0.2, 0.25) is 0 Å². The molecule has 0 N–H and O–H groups in total. The number of aryl methyl sites for hydroxylation is 3. The standard InChI is InChI=1S/C19H23NO2S/c1-3-5-16-8-10-18(11-9-16)23(21,22)20-13-4-6-17-14-15(2)7-12-19(17)20/h7-12,14H,3-6,13H2,1-2H3. The molecule has 122 valence electrons. The predicted molar refractivity (Wildman–Crippen MR) is 94.5 cm³/mol. The molecule has 2 aromatic rings. The molecule has 0 amide bonds. The molecule has 0 radical (unpaired) electrons. The molecule has 1 heterocycles. The number of hydrogen-bond donors (Lipinski definition) is 0. The zero-order valence-electron chi connectivity index (χ0n) is 13.7. The van der Waals surface area contributed by atoms with E-state index in [0.717, 1.165) is 36.9 Å². The molecule has 23 heavy (non-hydrogen) atoms. The van der Waals surface area contributed by atoms with Gasteiger partial charge in [-0.2, -0.15) is 0 Å². The Labute approximate surface area is 139 Å². The van der Waals surface area contributed by atoms with E-state index in [2.05, 4.69) is 13.0 Å². The summed E-state index contributed by atoms with van der Waals surface area (Å²) >= 11 is 0. The maximum atomic E-state index is 13.0. The Morgan fingerprint density at radius 3 is 2.52 bits per heavy atom. The van der Waals surface area contributed by atoms with Gasteiger partial charge in [0.05, 0.1) is 10.6 Å². The van der Waals surface area contributed by atoms with Gasteiger partial charge in [0, 0.05) is 6.54 Å². The van der Waals surface area contributed by atoms with Gasteiger partial charge in [-0.1, -0.05) is 43.2 Å². The summed E-state index contributed by atoms with van der Waals surface area (Å²) in [6.07, 6.45) is 3.85. The quantitative estimate of drug-likeness (QED) is 0.847. The smallest absolute Gasteiger partial charge is 0.264 e. The van der Waals surface area contributed by atoms with Gasteiger partial charge in [-0.15, -0.1) is 0 Å². The number of benzene rings is 2. The van der Waals surface area contributed by atoms with Gasteiger partial charge in [-0.05, 0) is 55.5 Å². The summed E-state index contributed by atoms with van der Waals surface area (Å²) < 4.78 is 27.6. The molecule has 0 spiro atoms. The first-order chi connectivity index (χ1) is 11.0. The molecule has 1 aliphatic rings. The van der Waals surface area contributed by atoms with E-state index in [0.29, 0.717) is 11.4 Å². The third-order valence-corrected chi connectivity index (χ3v) is 6.19. The lowest BCUT2D eigenvalue weighted by Gasteiger charge is -2.30. The van der Waals surface area contributed by atoms with Gasteiger partial charge in [-0.3, -0.25) is 4.31 Å². The maximum absolute atomic E-state index is 13.0. The second kappa shape index (κ2) is 6.36. The summed E-state index contributed by atoms with van der Waals surface area (Å²) in [6.45, 7) is 4.71. The zero-order chi connectivity index (χ0) is 16.4. The fraction of sp³-hybridized carbons (Fsp3) is 0.368. The Morgan fingerprint density at radius 1 is 1.09 bits per heavy atom. The lowest BCUT2D eigenvalue weighted by Crippen LogP contribution is -2.35. The van der Waals surface area contributed by atoms with Crippen molar-refractivity contribution in [3.05, 3.63) is 59.2 Å².